The van der Waals surface area contributed by atoms with Gasteiger partial charge in [0.25, 0.3) is 0 Å². The summed E-state index contributed by atoms with van der Waals surface area (Å²) in [6, 6.07) is 0.996. The van der Waals surface area contributed by atoms with Gasteiger partial charge in [-0.25, -0.2) is 9.78 Å². The second-order valence-electron chi connectivity index (χ2n) is 6.59. The number of amides is 1. The summed E-state index contributed by atoms with van der Waals surface area (Å²) in [5, 5.41) is 9.40. The molecule has 130 valence electrons. The van der Waals surface area contributed by atoms with Gasteiger partial charge in [0.15, 0.2) is 0 Å². The van der Waals surface area contributed by atoms with Crippen LogP contribution in [0, 0.1) is 5.41 Å². The molecule has 0 aliphatic carbocycles. The topological polar surface area (TPSA) is 95.9 Å². The fraction of sp³-hybridized carbons (Fsp3) is 0.625. The van der Waals surface area contributed by atoms with Crippen molar-refractivity contribution in [2.75, 3.05) is 31.6 Å². The SMILES string of the molecule is COc1ccnc(N2CCC3(CC2)CC(C(=O)O)N(C(C)=O)C3)n1. The number of piperidine rings is 1. The van der Waals surface area contributed by atoms with Crippen LogP contribution in [0.15, 0.2) is 12.3 Å². The van der Waals surface area contributed by atoms with Gasteiger partial charge in [-0.3, -0.25) is 4.79 Å². The molecule has 2 fully saturated rings. The van der Waals surface area contributed by atoms with Crippen molar-refractivity contribution in [2.24, 2.45) is 5.41 Å². The first-order valence-corrected chi connectivity index (χ1v) is 8.06. The first-order valence-electron chi connectivity index (χ1n) is 8.06. The first kappa shape index (κ1) is 16.5. The average molecular weight is 334 g/mol. The Balaban J connectivity index is 1.70. The molecule has 3 rings (SSSR count). The van der Waals surface area contributed by atoms with Crippen molar-refractivity contribution in [1.82, 2.24) is 14.9 Å². The molecule has 8 nitrogen and oxygen atoms in total. The van der Waals surface area contributed by atoms with Crippen LogP contribution in [0.5, 0.6) is 5.88 Å². The van der Waals surface area contributed by atoms with Crippen LogP contribution in [-0.2, 0) is 9.59 Å². The predicted molar refractivity (Wildman–Crippen MR) is 85.9 cm³/mol. The molecule has 24 heavy (non-hydrogen) atoms. The van der Waals surface area contributed by atoms with Gasteiger partial charge < -0.3 is 19.6 Å². The van der Waals surface area contributed by atoms with Crippen LogP contribution in [0.3, 0.4) is 0 Å². The Hall–Kier alpha value is -2.38. The van der Waals surface area contributed by atoms with Gasteiger partial charge in [0, 0.05) is 38.8 Å². The summed E-state index contributed by atoms with van der Waals surface area (Å²) in [6.07, 6.45) is 3.83. The van der Waals surface area contributed by atoms with Gasteiger partial charge in [-0.15, -0.1) is 0 Å². The predicted octanol–water partition coefficient (Wildman–Crippen LogP) is 0.777. The number of likely N-dealkylation sites (tertiary alicyclic amines) is 1. The van der Waals surface area contributed by atoms with Crippen molar-refractivity contribution in [2.45, 2.75) is 32.2 Å². The van der Waals surface area contributed by atoms with Crippen molar-refractivity contribution in [3.63, 3.8) is 0 Å². The molecule has 1 atom stereocenters. The lowest BCUT2D eigenvalue weighted by atomic mass is 9.76. The van der Waals surface area contributed by atoms with E-state index in [0.717, 1.165) is 25.9 Å². The minimum Gasteiger partial charge on any atom is -0.481 e. The number of aromatic nitrogens is 2. The minimum absolute atomic E-state index is 0.121. The fourth-order valence-corrected chi connectivity index (χ4v) is 3.75. The maximum absolute atomic E-state index is 11.8. The Kier molecular flexibility index (Phi) is 4.29. The number of rotatable bonds is 3. The quantitative estimate of drug-likeness (QED) is 0.872. The Morgan fingerprint density at radius 2 is 2.08 bits per heavy atom. The normalized spacial score (nSPS) is 22.7. The minimum atomic E-state index is -0.916. The average Bonchev–Trinajstić information content (AvgIpc) is 2.96. The highest BCUT2D eigenvalue weighted by molar-refractivity contribution is 5.83. The van der Waals surface area contributed by atoms with Crippen molar-refractivity contribution in [1.29, 1.82) is 0 Å². The van der Waals surface area contributed by atoms with Crippen molar-refractivity contribution in [3.05, 3.63) is 12.3 Å². The lowest BCUT2D eigenvalue weighted by molar-refractivity contribution is -0.147. The van der Waals surface area contributed by atoms with Crippen LogP contribution < -0.4 is 9.64 Å². The third kappa shape index (κ3) is 3.00. The van der Waals surface area contributed by atoms with Gasteiger partial charge in [-0.05, 0) is 24.7 Å². The zero-order valence-electron chi connectivity index (χ0n) is 13.9. The molecule has 0 radical (unpaired) electrons. The van der Waals surface area contributed by atoms with E-state index in [2.05, 4.69) is 14.9 Å². The van der Waals surface area contributed by atoms with Crippen molar-refractivity contribution < 1.29 is 19.4 Å². The molecule has 8 heteroatoms. The number of ether oxygens (including phenoxy) is 1. The number of carboxylic acid groups (broad SMARTS) is 1. The first-order chi connectivity index (χ1) is 11.4. The Labute approximate surface area is 140 Å². The highest BCUT2D eigenvalue weighted by Crippen LogP contribution is 2.43. The monoisotopic (exact) mass is 334 g/mol. The summed E-state index contributed by atoms with van der Waals surface area (Å²) in [6.45, 7) is 3.44. The van der Waals surface area contributed by atoms with Gasteiger partial charge in [-0.1, -0.05) is 0 Å². The van der Waals surface area contributed by atoms with Gasteiger partial charge in [0.2, 0.25) is 17.7 Å². The van der Waals surface area contributed by atoms with Crippen LogP contribution in [0.1, 0.15) is 26.2 Å². The number of carbonyl (C=O) groups excluding carboxylic acids is 1. The number of nitrogens with zero attached hydrogens (tertiary/aromatic N) is 4. The number of carbonyl (C=O) groups is 2. The van der Waals surface area contributed by atoms with E-state index in [1.807, 2.05) is 0 Å². The Morgan fingerprint density at radius 3 is 2.62 bits per heavy atom. The van der Waals surface area contributed by atoms with Gasteiger partial charge in [0.05, 0.1) is 7.11 Å². The van der Waals surface area contributed by atoms with E-state index in [-0.39, 0.29) is 11.3 Å². The summed E-state index contributed by atoms with van der Waals surface area (Å²) >= 11 is 0. The number of carboxylic acids is 1. The number of aliphatic carboxylic acids is 1. The lowest BCUT2D eigenvalue weighted by Crippen LogP contribution is -2.43. The van der Waals surface area contributed by atoms with Crippen LogP contribution in [-0.4, -0.2) is 64.6 Å². The zero-order chi connectivity index (χ0) is 17.3. The molecule has 1 aromatic heterocycles. The molecule has 1 unspecified atom stereocenters. The van der Waals surface area contributed by atoms with Crippen LogP contribution >= 0.6 is 0 Å². The van der Waals surface area contributed by atoms with E-state index in [1.54, 1.807) is 19.4 Å². The summed E-state index contributed by atoms with van der Waals surface area (Å²) in [4.78, 5) is 35.4. The molecule has 0 bridgehead atoms. The highest BCUT2D eigenvalue weighted by Gasteiger charge is 2.49. The molecule has 0 saturated carbocycles. The van der Waals surface area contributed by atoms with E-state index in [4.69, 9.17) is 4.74 Å². The van der Waals surface area contributed by atoms with Crippen molar-refractivity contribution in [3.8, 4) is 5.88 Å². The van der Waals surface area contributed by atoms with Gasteiger partial charge in [0.1, 0.15) is 6.04 Å². The molecular weight excluding hydrogens is 312 g/mol. The molecule has 1 spiro atoms. The molecule has 1 N–H and O–H groups in total. The maximum Gasteiger partial charge on any atom is 0.326 e. The molecule has 2 aliphatic rings. The maximum atomic E-state index is 11.8. The smallest absolute Gasteiger partial charge is 0.326 e. The number of methoxy groups -OCH3 is 1. The second kappa shape index (κ2) is 6.26. The zero-order valence-corrected chi connectivity index (χ0v) is 13.9. The molecule has 1 amide bonds. The summed E-state index contributed by atoms with van der Waals surface area (Å²) in [7, 11) is 1.57. The van der Waals surface area contributed by atoms with Crippen LogP contribution in [0.2, 0.25) is 0 Å². The molecule has 1 aromatic rings. The Morgan fingerprint density at radius 1 is 1.38 bits per heavy atom. The van der Waals surface area contributed by atoms with Crippen LogP contribution in [0.4, 0.5) is 5.95 Å². The molecular formula is C16H22N4O4. The summed E-state index contributed by atoms with van der Waals surface area (Å²) in [5.74, 6) is 0.0636. The molecule has 2 aliphatic heterocycles. The van der Waals surface area contributed by atoms with E-state index in [9.17, 15) is 14.7 Å². The summed E-state index contributed by atoms with van der Waals surface area (Å²) < 4.78 is 5.13. The third-order valence-electron chi connectivity index (χ3n) is 5.13. The largest absolute Gasteiger partial charge is 0.481 e. The fourth-order valence-electron chi connectivity index (χ4n) is 3.75. The Bertz CT molecular complexity index is 619. The van der Waals surface area contributed by atoms with E-state index in [0.29, 0.717) is 24.8 Å². The lowest BCUT2D eigenvalue weighted by Gasteiger charge is -2.39. The van der Waals surface area contributed by atoms with E-state index >= 15 is 0 Å². The van der Waals surface area contributed by atoms with Crippen molar-refractivity contribution >= 4 is 17.8 Å². The number of hydrogen-bond acceptors (Lipinski definition) is 6. The van der Waals surface area contributed by atoms with E-state index in [1.165, 1.54) is 11.8 Å². The summed E-state index contributed by atoms with van der Waals surface area (Å²) in [5.41, 5.74) is -0.121. The molecule has 3 heterocycles. The molecule has 0 aromatic carbocycles. The molecule has 2 saturated heterocycles. The van der Waals surface area contributed by atoms with Crippen LogP contribution in [0.25, 0.3) is 0 Å². The number of hydrogen-bond donors (Lipinski definition) is 1. The third-order valence-corrected chi connectivity index (χ3v) is 5.13. The van der Waals surface area contributed by atoms with Gasteiger partial charge in [-0.2, -0.15) is 4.98 Å². The number of anilines is 1. The van der Waals surface area contributed by atoms with E-state index < -0.39 is 12.0 Å². The standard InChI is InChI=1S/C16H22N4O4/c1-11(21)20-10-16(9-12(20)14(22)23)4-7-19(8-5-16)15-17-6-3-13(18-15)24-2/h3,6,12H,4-5,7-10H2,1-2H3,(H,22,23). The highest BCUT2D eigenvalue weighted by atomic mass is 16.5. The van der Waals surface area contributed by atoms with Gasteiger partial charge >= 0.3 is 5.97 Å². The second-order valence-corrected chi connectivity index (χ2v) is 6.59.